The minimum atomic E-state index is -2.24. The van der Waals surface area contributed by atoms with Crippen molar-refractivity contribution < 1.29 is 9.05 Å². The molecule has 20 heavy (non-hydrogen) atoms. The van der Waals surface area contributed by atoms with Gasteiger partial charge < -0.3 is 14.4 Å². The number of hydrogen-bond acceptors (Lipinski definition) is 4. The Labute approximate surface area is 128 Å². The molecule has 5 heteroatoms. The van der Waals surface area contributed by atoms with Crippen LogP contribution >= 0.6 is 6.49 Å². The molecule has 3 unspecified atom stereocenters. The third kappa shape index (κ3) is 6.02. The molecule has 114 valence electrons. The summed E-state index contributed by atoms with van der Waals surface area (Å²) in [4.78, 5) is 0. The number of nitrogens with one attached hydrogen (secondary N) is 1. The molecule has 0 amide bonds. The predicted octanol–water partition coefficient (Wildman–Crippen LogP) is 3.96. The molecule has 0 radical (unpaired) electrons. The molecule has 0 saturated carbocycles. The average molecular weight is 315 g/mol. The Morgan fingerprint density at radius 2 is 1.80 bits per heavy atom. The lowest BCUT2D eigenvalue weighted by Crippen LogP contribution is -2.30. The summed E-state index contributed by atoms with van der Waals surface area (Å²) in [5.41, 5.74) is 1.12. The van der Waals surface area contributed by atoms with Crippen LogP contribution in [0.4, 0.5) is 0 Å². The molecule has 0 aliphatic carbocycles. The first-order valence-electron chi connectivity index (χ1n) is 6.98. The summed E-state index contributed by atoms with van der Waals surface area (Å²) in [5.74, 6) is 0.456. The van der Waals surface area contributed by atoms with Gasteiger partial charge in [-0.05, 0) is 37.3 Å². The van der Waals surface area contributed by atoms with Crippen LogP contribution in [-0.4, -0.2) is 26.4 Å². The van der Waals surface area contributed by atoms with E-state index in [1.165, 1.54) is 0 Å². The van der Waals surface area contributed by atoms with Gasteiger partial charge in [0.2, 0.25) is 0 Å². The van der Waals surface area contributed by atoms with Crippen LogP contribution in [0.2, 0.25) is 0 Å². The van der Waals surface area contributed by atoms with Crippen molar-refractivity contribution in [2.24, 2.45) is 5.92 Å². The summed E-state index contributed by atoms with van der Waals surface area (Å²) in [7, 11) is 1.93. The highest BCUT2D eigenvalue weighted by Crippen LogP contribution is 2.49. The summed E-state index contributed by atoms with van der Waals surface area (Å²) in [6.07, 6.45) is -0.0933. The minimum Gasteiger partial charge on any atom is -0.329 e. The zero-order valence-corrected chi connectivity index (χ0v) is 14.7. The van der Waals surface area contributed by atoms with Crippen LogP contribution in [0.1, 0.15) is 32.4 Å². The molecule has 0 saturated heterocycles. The molecule has 0 aromatic heterocycles. The molecule has 0 aliphatic rings. The Hall–Kier alpha value is -0.250. The van der Waals surface area contributed by atoms with Gasteiger partial charge in [0.25, 0.3) is 0 Å². The van der Waals surface area contributed by atoms with Gasteiger partial charge in [-0.2, -0.15) is 0 Å². The van der Waals surface area contributed by atoms with Crippen molar-refractivity contribution in [3.63, 3.8) is 0 Å². The van der Waals surface area contributed by atoms with Gasteiger partial charge >= 0.3 is 0 Å². The van der Waals surface area contributed by atoms with E-state index in [0.29, 0.717) is 12.5 Å². The lowest BCUT2D eigenvalue weighted by Gasteiger charge is -2.29. The van der Waals surface area contributed by atoms with Crippen LogP contribution in [-0.2, 0) is 20.9 Å². The van der Waals surface area contributed by atoms with Gasteiger partial charge in [0.05, 0.1) is 6.61 Å². The van der Waals surface area contributed by atoms with Crippen molar-refractivity contribution in [3.8, 4) is 0 Å². The van der Waals surface area contributed by atoms with Crippen molar-refractivity contribution in [3.05, 3.63) is 35.9 Å². The molecule has 0 fully saturated rings. The number of rotatable bonds is 8. The normalized spacial score (nSPS) is 17.7. The van der Waals surface area contributed by atoms with E-state index in [1.54, 1.807) is 0 Å². The first-order chi connectivity index (χ1) is 9.35. The Bertz CT molecular complexity index is 439. The van der Waals surface area contributed by atoms with E-state index in [9.17, 15) is 0 Å². The van der Waals surface area contributed by atoms with Crippen molar-refractivity contribution in [1.82, 2.24) is 5.32 Å². The summed E-state index contributed by atoms with van der Waals surface area (Å²) in [6, 6.07) is 10.3. The molecule has 1 N–H and O–H groups in total. The van der Waals surface area contributed by atoms with Crippen LogP contribution in [0.15, 0.2) is 30.3 Å². The van der Waals surface area contributed by atoms with Crippen LogP contribution < -0.4 is 5.32 Å². The van der Waals surface area contributed by atoms with E-state index in [2.05, 4.69) is 38.2 Å². The van der Waals surface area contributed by atoms with Gasteiger partial charge in [-0.1, -0.05) is 44.2 Å². The summed E-state index contributed by atoms with van der Waals surface area (Å²) in [6.45, 7) is 6.62. The van der Waals surface area contributed by atoms with Gasteiger partial charge in [-0.25, -0.2) is 0 Å². The molecule has 1 aromatic rings. The first kappa shape index (κ1) is 17.8. The van der Waals surface area contributed by atoms with Gasteiger partial charge in [-0.3, -0.25) is 0 Å². The van der Waals surface area contributed by atoms with E-state index < -0.39 is 6.49 Å². The summed E-state index contributed by atoms with van der Waals surface area (Å²) < 4.78 is 12.0. The maximum absolute atomic E-state index is 6.17. The molecule has 0 heterocycles. The molecule has 0 spiro atoms. The van der Waals surface area contributed by atoms with Crippen molar-refractivity contribution in [2.75, 3.05) is 20.3 Å². The SMILES string of the molecule is CNC(C)C(OP(C)(=S)OCC(C)C)c1ccccc1. The first-order valence-corrected chi connectivity index (χ1v) is 10.1. The molecular weight excluding hydrogens is 289 g/mol. The van der Waals surface area contributed by atoms with E-state index in [0.717, 1.165) is 5.56 Å². The van der Waals surface area contributed by atoms with Crippen LogP contribution in [0, 0.1) is 5.92 Å². The molecule has 1 rings (SSSR count). The third-order valence-corrected chi connectivity index (χ3v) is 4.79. The van der Waals surface area contributed by atoms with E-state index in [1.807, 2.05) is 31.9 Å². The molecule has 3 atom stereocenters. The lowest BCUT2D eigenvalue weighted by molar-refractivity contribution is 0.144. The van der Waals surface area contributed by atoms with Crippen LogP contribution in [0.25, 0.3) is 0 Å². The van der Waals surface area contributed by atoms with Gasteiger partial charge in [0.1, 0.15) is 6.10 Å². The van der Waals surface area contributed by atoms with Crippen molar-refractivity contribution in [2.45, 2.75) is 32.9 Å². The predicted molar refractivity (Wildman–Crippen MR) is 89.8 cm³/mol. The quantitative estimate of drug-likeness (QED) is 0.736. The lowest BCUT2D eigenvalue weighted by atomic mass is 10.0. The Kier molecular flexibility index (Phi) is 7.35. The fraction of sp³-hybridized carbons (Fsp3) is 0.600. The smallest absolute Gasteiger partial charge is 0.186 e. The second-order valence-electron chi connectivity index (χ2n) is 5.47. The molecule has 1 aromatic carbocycles. The monoisotopic (exact) mass is 315 g/mol. The fourth-order valence-corrected chi connectivity index (χ4v) is 3.56. The number of likely N-dealkylation sites (N-methyl/N-ethyl adjacent to an activating group) is 1. The van der Waals surface area contributed by atoms with Crippen molar-refractivity contribution >= 4 is 18.3 Å². The standard InChI is InChI=1S/C15H26NO2PS/c1-12(2)11-17-19(5,20)18-15(13(3)16-4)14-9-7-6-8-10-14/h6-10,12-13,15-16H,11H2,1-5H3. The number of benzene rings is 1. The highest BCUT2D eigenvalue weighted by molar-refractivity contribution is 8.09. The molecule has 3 nitrogen and oxygen atoms in total. The Morgan fingerprint density at radius 3 is 2.30 bits per heavy atom. The van der Waals surface area contributed by atoms with Crippen LogP contribution in [0.5, 0.6) is 0 Å². The number of hydrogen-bond donors (Lipinski definition) is 1. The third-order valence-electron chi connectivity index (χ3n) is 2.98. The maximum Gasteiger partial charge on any atom is 0.186 e. The summed E-state index contributed by atoms with van der Waals surface area (Å²) >= 11 is 5.54. The summed E-state index contributed by atoms with van der Waals surface area (Å²) in [5, 5.41) is 3.24. The zero-order chi connectivity index (χ0) is 15.2. The van der Waals surface area contributed by atoms with E-state index in [-0.39, 0.29) is 12.1 Å². The average Bonchev–Trinajstić information content (AvgIpc) is 2.43. The van der Waals surface area contributed by atoms with Gasteiger partial charge in [0.15, 0.2) is 6.49 Å². The second kappa shape index (κ2) is 8.26. The molecule has 0 aliphatic heterocycles. The zero-order valence-electron chi connectivity index (χ0n) is 13.0. The molecular formula is C15H26NO2PS. The topological polar surface area (TPSA) is 30.5 Å². The van der Waals surface area contributed by atoms with Gasteiger partial charge in [0, 0.05) is 12.7 Å². The van der Waals surface area contributed by atoms with Gasteiger partial charge in [-0.15, -0.1) is 0 Å². The minimum absolute atomic E-state index is 0.0933. The molecule has 0 bridgehead atoms. The highest BCUT2D eigenvalue weighted by atomic mass is 32.5. The van der Waals surface area contributed by atoms with E-state index >= 15 is 0 Å². The second-order valence-corrected chi connectivity index (χ2v) is 9.48. The van der Waals surface area contributed by atoms with E-state index in [4.69, 9.17) is 20.9 Å². The van der Waals surface area contributed by atoms with Crippen LogP contribution in [0.3, 0.4) is 0 Å². The maximum atomic E-state index is 6.17. The fourth-order valence-electron chi connectivity index (χ4n) is 1.76. The largest absolute Gasteiger partial charge is 0.329 e. The highest BCUT2D eigenvalue weighted by Gasteiger charge is 2.25. The van der Waals surface area contributed by atoms with Crippen molar-refractivity contribution in [1.29, 1.82) is 0 Å². The Balaban J connectivity index is 2.83. The Morgan fingerprint density at radius 1 is 1.20 bits per heavy atom.